The summed E-state index contributed by atoms with van der Waals surface area (Å²) in [5, 5.41) is 0. The van der Waals surface area contributed by atoms with E-state index in [4.69, 9.17) is 4.74 Å². The standard InChI is InChI=1S/C11H21NO2/c1-10(2)14-8-4-3-6-12-7-5-11(13)9-12/h10H,3-9H2,1-2H3. The lowest BCUT2D eigenvalue weighted by atomic mass is 10.3. The SMILES string of the molecule is CC(C)OCCCCN1CCC(=O)C1. The van der Waals surface area contributed by atoms with Gasteiger partial charge in [0, 0.05) is 19.6 Å². The Balaban J connectivity index is 1.91. The molecule has 3 heteroatoms. The number of likely N-dealkylation sites (tertiary alicyclic amines) is 1. The Kier molecular flexibility index (Phi) is 5.12. The molecule has 0 aromatic rings. The van der Waals surface area contributed by atoms with Crippen LogP contribution in [0.4, 0.5) is 0 Å². The van der Waals surface area contributed by atoms with Gasteiger partial charge in [0.25, 0.3) is 0 Å². The van der Waals surface area contributed by atoms with Gasteiger partial charge in [-0.25, -0.2) is 0 Å². The van der Waals surface area contributed by atoms with Gasteiger partial charge in [-0.15, -0.1) is 0 Å². The number of hydrogen-bond donors (Lipinski definition) is 0. The van der Waals surface area contributed by atoms with E-state index in [1.54, 1.807) is 0 Å². The van der Waals surface area contributed by atoms with Crippen LogP contribution in [0, 0.1) is 0 Å². The van der Waals surface area contributed by atoms with Crippen molar-refractivity contribution in [2.45, 2.75) is 39.2 Å². The maximum absolute atomic E-state index is 11.0. The minimum atomic E-state index is 0.336. The molecule has 0 spiro atoms. The van der Waals surface area contributed by atoms with Crippen LogP contribution in [-0.2, 0) is 9.53 Å². The summed E-state index contributed by atoms with van der Waals surface area (Å²) < 4.78 is 5.44. The molecule has 0 saturated carbocycles. The number of ether oxygens (including phenoxy) is 1. The van der Waals surface area contributed by atoms with E-state index in [2.05, 4.69) is 18.7 Å². The first kappa shape index (κ1) is 11.7. The predicted molar refractivity (Wildman–Crippen MR) is 56.4 cm³/mol. The average molecular weight is 199 g/mol. The Morgan fingerprint density at radius 2 is 2.21 bits per heavy atom. The van der Waals surface area contributed by atoms with Crippen molar-refractivity contribution in [3.8, 4) is 0 Å². The van der Waals surface area contributed by atoms with Crippen molar-refractivity contribution in [3.63, 3.8) is 0 Å². The Bertz CT molecular complexity index is 180. The molecule has 1 aliphatic heterocycles. The highest BCUT2D eigenvalue weighted by Gasteiger charge is 2.17. The summed E-state index contributed by atoms with van der Waals surface area (Å²) in [6.07, 6.45) is 3.33. The molecule has 0 N–H and O–H groups in total. The summed E-state index contributed by atoms with van der Waals surface area (Å²) in [6, 6.07) is 0. The summed E-state index contributed by atoms with van der Waals surface area (Å²) in [5.41, 5.74) is 0. The van der Waals surface area contributed by atoms with Crippen LogP contribution in [0.3, 0.4) is 0 Å². The zero-order valence-electron chi connectivity index (χ0n) is 9.29. The fourth-order valence-electron chi connectivity index (χ4n) is 1.64. The van der Waals surface area contributed by atoms with Crippen molar-refractivity contribution >= 4 is 5.78 Å². The second-order valence-electron chi connectivity index (χ2n) is 4.19. The molecule has 0 aliphatic carbocycles. The normalized spacial score (nSPS) is 18.4. The predicted octanol–water partition coefficient (Wildman–Crippen LogP) is 1.47. The molecule has 0 atom stereocenters. The van der Waals surface area contributed by atoms with Crippen molar-refractivity contribution in [1.29, 1.82) is 0 Å². The maximum Gasteiger partial charge on any atom is 0.148 e. The molecular weight excluding hydrogens is 178 g/mol. The zero-order chi connectivity index (χ0) is 10.4. The van der Waals surface area contributed by atoms with Gasteiger partial charge in [0.15, 0.2) is 0 Å². The molecule has 3 nitrogen and oxygen atoms in total. The molecule has 1 fully saturated rings. The highest BCUT2D eigenvalue weighted by molar-refractivity contribution is 5.82. The molecule has 14 heavy (non-hydrogen) atoms. The van der Waals surface area contributed by atoms with Crippen LogP contribution in [0.2, 0.25) is 0 Å². The van der Waals surface area contributed by atoms with E-state index < -0.39 is 0 Å². The van der Waals surface area contributed by atoms with Crippen molar-refractivity contribution in [1.82, 2.24) is 4.90 Å². The summed E-state index contributed by atoms with van der Waals surface area (Å²) >= 11 is 0. The molecule has 1 heterocycles. The third-order valence-electron chi connectivity index (χ3n) is 2.43. The maximum atomic E-state index is 11.0. The van der Waals surface area contributed by atoms with Gasteiger partial charge in [-0.1, -0.05) is 0 Å². The number of nitrogens with zero attached hydrogens (tertiary/aromatic N) is 1. The van der Waals surface area contributed by atoms with Crippen LogP contribution in [-0.4, -0.2) is 43.0 Å². The van der Waals surface area contributed by atoms with Crippen LogP contribution < -0.4 is 0 Å². The fraction of sp³-hybridized carbons (Fsp3) is 0.909. The van der Waals surface area contributed by atoms with Crippen molar-refractivity contribution in [2.24, 2.45) is 0 Å². The highest BCUT2D eigenvalue weighted by Crippen LogP contribution is 2.05. The molecule has 0 aromatic carbocycles. The molecular formula is C11H21NO2. The van der Waals surface area contributed by atoms with E-state index in [1.165, 1.54) is 0 Å². The quantitative estimate of drug-likeness (QED) is 0.607. The van der Waals surface area contributed by atoms with Crippen molar-refractivity contribution in [3.05, 3.63) is 0 Å². The number of hydrogen-bond acceptors (Lipinski definition) is 3. The Morgan fingerprint density at radius 1 is 1.43 bits per heavy atom. The fourth-order valence-corrected chi connectivity index (χ4v) is 1.64. The van der Waals surface area contributed by atoms with Crippen LogP contribution in [0.5, 0.6) is 0 Å². The molecule has 0 radical (unpaired) electrons. The van der Waals surface area contributed by atoms with E-state index >= 15 is 0 Å². The monoisotopic (exact) mass is 199 g/mol. The molecule has 1 saturated heterocycles. The Hall–Kier alpha value is -0.410. The topological polar surface area (TPSA) is 29.5 Å². The van der Waals surface area contributed by atoms with Crippen LogP contribution in [0.25, 0.3) is 0 Å². The first-order valence-electron chi connectivity index (χ1n) is 5.54. The Morgan fingerprint density at radius 3 is 2.79 bits per heavy atom. The first-order valence-corrected chi connectivity index (χ1v) is 5.54. The average Bonchev–Trinajstić information content (AvgIpc) is 2.50. The van der Waals surface area contributed by atoms with E-state index in [0.29, 0.717) is 18.4 Å². The number of Topliss-reactive ketones (excluding diaryl/α,β-unsaturated/α-hetero) is 1. The highest BCUT2D eigenvalue weighted by atomic mass is 16.5. The largest absolute Gasteiger partial charge is 0.379 e. The number of ketones is 1. The number of carbonyl (C=O) groups is 1. The summed E-state index contributed by atoms with van der Waals surface area (Å²) in [4.78, 5) is 13.2. The number of carbonyl (C=O) groups excluding carboxylic acids is 1. The minimum absolute atomic E-state index is 0.336. The summed E-state index contributed by atoms with van der Waals surface area (Å²) in [7, 11) is 0. The van der Waals surface area contributed by atoms with Crippen LogP contribution >= 0.6 is 0 Å². The van der Waals surface area contributed by atoms with E-state index in [9.17, 15) is 4.79 Å². The van der Waals surface area contributed by atoms with Gasteiger partial charge in [-0.3, -0.25) is 9.69 Å². The lowest BCUT2D eigenvalue weighted by molar-refractivity contribution is -0.116. The molecule has 1 aliphatic rings. The lowest BCUT2D eigenvalue weighted by Crippen LogP contribution is -2.22. The molecule has 0 unspecified atom stereocenters. The Labute approximate surface area is 86.4 Å². The van der Waals surface area contributed by atoms with Gasteiger partial charge in [-0.05, 0) is 33.2 Å². The third kappa shape index (κ3) is 4.72. The van der Waals surface area contributed by atoms with E-state index in [0.717, 1.165) is 39.0 Å². The number of rotatable bonds is 6. The van der Waals surface area contributed by atoms with Crippen molar-refractivity contribution < 1.29 is 9.53 Å². The summed E-state index contributed by atoms with van der Waals surface area (Å²) in [5.74, 6) is 0.392. The first-order chi connectivity index (χ1) is 6.68. The van der Waals surface area contributed by atoms with Gasteiger partial charge in [0.05, 0.1) is 12.6 Å². The molecule has 0 amide bonds. The molecule has 0 bridgehead atoms. The van der Waals surface area contributed by atoms with Gasteiger partial charge >= 0.3 is 0 Å². The van der Waals surface area contributed by atoms with Gasteiger partial charge in [-0.2, -0.15) is 0 Å². The van der Waals surface area contributed by atoms with Gasteiger partial charge < -0.3 is 4.74 Å². The third-order valence-corrected chi connectivity index (χ3v) is 2.43. The molecule has 0 aromatic heterocycles. The second-order valence-corrected chi connectivity index (χ2v) is 4.19. The second kappa shape index (κ2) is 6.14. The minimum Gasteiger partial charge on any atom is -0.379 e. The molecule has 82 valence electrons. The summed E-state index contributed by atoms with van der Waals surface area (Å²) in [6.45, 7) is 7.64. The lowest BCUT2D eigenvalue weighted by Gasteiger charge is -2.13. The number of unbranched alkanes of at least 4 members (excludes halogenated alkanes) is 1. The van der Waals surface area contributed by atoms with Crippen LogP contribution in [0.1, 0.15) is 33.1 Å². The van der Waals surface area contributed by atoms with E-state index in [1.807, 2.05) is 0 Å². The van der Waals surface area contributed by atoms with E-state index in [-0.39, 0.29) is 0 Å². The zero-order valence-corrected chi connectivity index (χ0v) is 9.29. The van der Waals surface area contributed by atoms with Crippen molar-refractivity contribution in [2.75, 3.05) is 26.2 Å². The van der Waals surface area contributed by atoms with Crippen LogP contribution in [0.15, 0.2) is 0 Å². The smallest absolute Gasteiger partial charge is 0.148 e. The van der Waals surface area contributed by atoms with Gasteiger partial charge in [0.2, 0.25) is 0 Å². The molecule has 1 rings (SSSR count). The van der Waals surface area contributed by atoms with Gasteiger partial charge in [0.1, 0.15) is 5.78 Å².